The Kier molecular flexibility index (Phi) is 4.27. The highest BCUT2D eigenvalue weighted by atomic mass is 35.5. The van der Waals surface area contributed by atoms with E-state index in [9.17, 15) is 14.0 Å². The summed E-state index contributed by atoms with van der Waals surface area (Å²) in [6, 6.07) is 9.66. The lowest BCUT2D eigenvalue weighted by atomic mass is 9.98. The molecule has 0 radical (unpaired) electrons. The largest absolute Gasteiger partial charge is 0.450 e. The second-order valence-electron chi connectivity index (χ2n) is 7.09. The zero-order valence-corrected chi connectivity index (χ0v) is 17.5. The summed E-state index contributed by atoms with van der Waals surface area (Å²) in [5, 5.41) is 1.07. The number of thiazole rings is 1. The molecular weight excluding hydrogens is 427 g/mol. The van der Waals surface area contributed by atoms with Crippen molar-refractivity contribution in [3.05, 3.63) is 91.0 Å². The van der Waals surface area contributed by atoms with Gasteiger partial charge >= 0.3 is 0 Å². The van der Waals surface area contributed by atoms with Crippen LogP contribution in [0.4, 0.5) is 9.52 Å². The minimum atomic E-state index is -0.854. The number of fused-ring (bicyclic) bond motifs is 2. The lowest BCUT2D eigenvalue weighted by molar-refractivity contribution is 0.0971. The Labute approximate surface area is 179 Å². The van der Waals surface area contributed by atoms with E-state index in [1.807, 2.05) is 13.8 Å². The Morgan fingerprint density at radius 2 is 1.97 bits per heavy atom. The Morgan fingerprint density at radius 1 is 1.17 bits per heavy atom. The summed E-state index contributed by atoms with van der Waals surface area (Å²) >= 11 is 7.41. The van der Waals surface area contributed by atoms with Crippen molar-refractivity contribution in [1.82, 2.24) is 4.98 Å². The molecular formula is C22H14ClFN2O3S. The molecule has 1 atom stereocenters. The fourth-order valence-corrected chi connectivity index (χ4v) is 4.80. The molecule has 0 bridgehead atoms. The quantitative estimate of drug-likeness (QED) is 0.418. The number of carbonyl (C=O) groups excluding carboxylic acids is 1. The van der Waals surface area contributed by atoms with Crippen LogP contribution in [0.3, 0.4) is 0 Å². The molecule has 1 aliphatic heterocycles. The number of hydrogen-bond acceptors (Lipinski definition) is 5. The van der Waals surface area contributed by atoms with Crippen LogP contribution in [0, 0.1) is 19.7 Å². The second kappa shape index (κ2) is 6.75. The lowest BCUT2D eigenvalue weighted by Crippen LogP contribution is -2.29. The van der Waals surface area contributed by atoms with Crippen molar-refractivity contribution in [3.8, 4) is 0 Å². The van der Waals surface area contributed by atoms with Crippen molar-refractivity contribution >= 4 is 44.9 Å². The fraction of sp³-hybridized carbons (Fsp3) is 0.136. The van der Waals surface area contributed by atoms with E-state index in [2.05, 4.69) is 4.98 Å². The topological polar surface area (TPSA) is 63.4 Å². The normalized spacial score (nSPS) is 15.8. The monoisotopic (exact) mass is 440 g/mol. The van der Waals surface area contributed by atoms with E-state index in [1.165, 1.54) is 34.4 Å². The first-order valence-corrected chi connectivity index (χ1v) is 10.3. The van der Waals surface area contributed by atoms with E-state index in [-0.39, 0.29) is 27.7 Å². The van der Waals surface area contributed by atoms with E-state index in [1.54, 1.807) is 24.3 Å². The zero-order chi connectivity index (χ0) is 21.2. The molecule has 0 spiro atoms. The number of halogens is 2. The maximum Gasteiger partial charge on any atom is 0.297 e. The van der Waals surface area contributed by atoms with Crippen molar-refractivity contribution in [2.75, 3.05) is 4.90 Å². The third-order valence-corrected chi connectivity index (χ3v) is 6.53. The van der Waals surface area contributed by atoms with Crippen LogP contribution in [-0.4, -0.2) is 10.9 Å². The molecule has 5 nitrogen and oxygen atoms in total. The number of rotatable bonds is 2. The number of amides is 1. The Hall–Kier alpha value is -3.03. The molecule has 3 heterocycles. The Morgan fingerprint density at radius 3 is 2.67 bits per heavy atom. The van der Waals surface area contributed by atoms with E-state index in [0.717, 1.165) is 10.6 Å². The van der Waals surface area contributed by atoms with Crippen LogP contribution in [-0.2, 0) is 0 Å². The average molecular weight is 441 g/mol. The first kappa shape index (κ1) is 19.0. The van der Waals surface area contributed by atoms with E-state index >= 15 is 0 Å². The minimum Gasteiger partial charge on any atom is -0.450 e. The molecule has 8 heteroatoms. The van der Waals surface area contributed by atoms with Crippen molar-refractivity contribution in [2.45, 2.75) is 19.9 Å². The van der Waals surface area contributed by atoms with Crippen LogP contribution >= 0.6 is 22.9 Å². The molecule has 4 aromatic rings. The van der Waals surface area contributed by atoms with Crippen LogP contribution in [0.1, 0.15) is 38.3 Å². The van der Waals surface area contributed by atoms with Gasteiger partial charge in [0.15, 0.2) is 10.6 Å². The molecule has 0 aliphatic carbocycles. The molecule has 0 N–H and O–H groups in total. The summed E-state index contributed by atoms with van der Waals surface area (Å²) in [7, 11) is 0. The van der Waals surface area contributed by atoms with Crippen LogP contribution in [0.25, 0.3) is 11.0 Å². The second-order valence-corrected chi connectivity index (χ2v) is 8.70. The standard InChI is InChI=1S/C22H14ClFN2O3S/c1-10-11(2)30-22(25-10)26-18(12-4-3-5-14(24)8-12)17-19(27)15-9-13(23)6-7-16(15)29-20(17)21(26)28/h3-9,18H,1-2H3/t18-/m0/s1. The van der Waals surface area contributed by atoms with E-state index in [0.29, 0.717) is 15.7 Å². The van der Waals surface area contributed by atoms with E-state index in [4.69, 9.17) is 16.0 Å². The number of anilines is 1. The van der Waals surface area contributed by atoms with Crippen molar-refractivity contribution < 1.29 is 13.6 Å². The van der Waals surface area contributed by atoms with Gasteiger partial charge < -0.3 is 4.42 Å². The van der Waals surface area contributed by atoms with Gasteiger partial charge in [0.05, 0.1) is 22.7 Å². The molecule has 0 fully saturated rings. The van der Waals surface area contributed by atoms with Gasteiger partial charge in [-0.3, -0.25) is 14.5 Å². The summed E-state index contributed by atoms with van der Waals surface area (Å²) in [6.45, 7) is 3.75. The van der Waals surface area contributed by atoms with Gasteiger partial charge in [0, 0.05) is 9.90 Å². The average Bonchev–Trinajstić information content (AvgIpc) is 3.19. The molecule has 2 aromatic heterocycles. The number of aromatic nitrogens is 1. The summed E-state index contributed by atoms with van der Waals surface area (Å²) in [6.07, 6.45) is 0. The number of nitrogens with zero attached hydrogens (tertiary/aromatic N) is 2. The molecule has 2 aromatic carbocycles. The lowest BCUT2D eigenvalue weighted by Gasteiger charge is -2.22. The smallest absolute Gasteiger partial charge is 0.297 e. The number of carbonyl (C=O) groups is 1. The molecule has 0 saturated carbocycles. The summed E-state index contributed by atoms with van der Waals surface area (Å²) < 4.78 is 19.9. The fourth-order valence-electron chi connectivity index (χ4n) is 3.69. The molecule has 0 saturated heterocycles. The van der Waals surface area contributed by atoms with Gasteiger partial charge in [-0.25, -0.2) is 9.37 Å². The Bertz CT molecular complexity index is 1390. The summed E-state index contributed by atoms with van der Waals surface area (Å²) in [4.78, 5) is 33.7. The van der Waals surface area contributed by atoms with Gasteiger partial charge in [-0.05, 0) is 49.7 Å². The summed E-state index contributed by atoms with van der Waals surface area (Å²) in [5.41, 5.74) is 1.30. The molecule has 5 rings (SSSR count). The van der Waals surface area contributed by atoms with Crippen LogP contribution in [0.5, 0.6) is 0 Å². The third-order valence-electron chi connectivity index (χ3n) is 5.22. The highest BCUT2D eigenvalue weighted by Gasteiger charge is 2.45. The van der Waals surface area contributed by atoms with Gasteiger partial charge in [0.1, 0.15) is 11.4 Å². The zero-order valence-electron chi connectivity index (χ0n) is 15.9. The van der Waals surface area contributed by atoms with E-state index < -0.39 is 17.8 Å². The summed E-state index contributed by atoms with van der Waals surface area (Å²) in [5.74, 6) is -1.01. The highest BCUT2D eigenvalue weighted by molar-refractivity contribution is 7.15. The maximum absolute atomic E-state index is 14.1. The predicted octanol–water partition coefficient (Wildman–Crippen LogP) is 5.41. The highest BCUT2D eigenvalue weighted by Crippen LogP contribution is 2.43. The van der Waals surface area contributed by atoms with Crippen LogP contribution < -0.4 is 10.3 Å². The number of hydrogen-bond donors (Lipinski definition) is 0. The van der Waals surface area contributed by atoms with Gasteiger partial charge in [-0.1, -0.05) is 23.7 Å². The maximum atomic E-state index is 14.1. The molecule has 1 aliphatic rings. The van der Waals surface area contributed by atoms with Gasteiger partial charge in [-0.2, -0.15) is 0 Å². The first-order valence-electron chi connectivity index (χ1n) is 9.14. The van der Waals surface area contributed by atoms with Crippen LogP contribution in [0.2, 0.25) is 5.02 Å². The van der Waals surface area contributed by atoms with Gasteiger partial charge in [0.2, 0.25) is 5.76 Å². The molecule has 150 valence electrons. The van der Waals surface area contributed by atoms with Crippen LogP contribution in [0.15, 0.2) is 51.7 Å². The van der Waals surface area contributed by atoms with Crippen molar-refractivity contribution in [2.24, 2.45) is 0 Å². The number of aryl methyl sites for hydroxylation is 2. The van der Waals surface area contributed by atoms with Gasteiger partial charge in [0.25, 0.3) is 5.91 Å². The molecule has 30 heavy (non-hydrogen) atoms. The van der Waals surface area contributed by atoms with Gasteiger partial charge in [-0.15, -0.1) is 11.3 Å². The number of benzene rings is 2. The Balaban J connectivity index is 1.84. The first-order chi connectivity index (χ1) is 14.3. The van der Waals surface area contributed by atoms with Crippen molar-refractivity contribution in [3.63, 3.8) is 0 Å². The molecule has 0 unspecified atom stereocenters. The third kappa shape index (κ3) is 2.77. The SMILES string of the molecule is Cc1nc(N2C(=O)c3oc4ccc(Cl)cc4c(=O)c3[C@@H]2c2cccc(F)c2)sc1C. The van der Waals surface area contributed by atoms with Crippen molar-refractivity contribution in [1.29, 1.82) is 0 Å². The molecule has 1 amide bonds. The minimum absolute atomic E-state index is 0.0606. The predicted molar refractivity (Wildman–Crippen MR) is 114 cm³/mol.